The Morgan fingerprint density at radius 1 is 0.626 bits per heavy atom. The third-order valence-corrected chi connectivity index (χ3v) is 25.1. The Hall–Kier alpha value is -9.82. The SMILES string of the molecule is CO.COC(=O)CC[C@@H](O)CNCl.C[C@@]1(Cc2ccc(C#N)cc2)C(=O)N(c2cc(Cl)cc(Cl)c2)c2ncc(S(=O)(=O)N3CCC[C@H]3C(=O)NC[C@H]3CCC(=O)O3)n21.C[C@@]1(Cc2ccc(C#N)cc2)C(=O)N(c2cc(Cl)cc(Cl)c2)c2ncc(S(=O)(=O)N3CCC[C@H]3C(=O)O)n21.O=C1CC[C@H](CNCl)O1.O=C1CC[C@H](CO)O1.[N-]=[N+]=NC[C@H]1CCC(=O)O1. The topological polar surface area (TPSA) is 530 Å². The van der Waals surface area contributed by atoms with Gasteiger partial charge in [0.1, 0.15) is 47.6 Å². The molecule has 38 nitrogen and oxygen atoms in total. The number of nitrogens with one attached hydrogen (secondary N) is 3. The first kappa shape index (κ1) is 98.6. The summed E-state index contributed by atoms with van der Waals surface area (Å²) in [7, 11) is -6.41. The largest absolute Gasteiger partial charge is 0.480 e. The van der Waals surface area contributed by atoms with Gasteiger partial charge < -0.3 is 49.4 Å². The fraction of sp³-hybridized carbons (Fsp3) is 0.468. The first-order valence-corrected chi connectivity index (χ1v) is 43.3. The first-order valence-electron chi connectivity index (χ1n) is 38.1. The molecule has 0 aliphatic carbocycles. The van der Waals surface area contributed by atoms with Crippen molar-refractivity contribution >= 4 is 167 Å². The number of azide groups is 1. The number of ether oxygens (including phenoxy) is 5. The number of anilines is 4. The van der Waals surface area contributed by atoms with Crippen LogP contribution in [0.4, 0.5) is 23.3 Å². The van der Waals surface area contributed by atoms with Gasteiger partial charge in [-0.2, -0.15) is 19.1 Å². The number of amides is 3. The molecule has 14 rings (SSSR count). The van der Waals surface area contributed by atoms with Crippen LogP contribution in [0.2, 0.25) is 20.1 Å². The number of esters is 5. The van der Waals surface area contributed by atoms with E-state index in [-0.39, 0.29) is 162 Å². The second-order valence-electron chi connectivity index (χ2n) is 28.8. The number of rotatable bonds is 24. The number of cyclic esters (lactones) is 4. The molecule has 4 aromatic carbocycles. The van der Waals surface area contributed by atoms with Crippen molar-refractivity contribution in [2.75, 3.05) is 69.9 Å². The van der Waals surface area contributed by atoms with E-state index in [0.717, 1.165) is 28.3 Å². The number of hydrogen-bond donors (Lipinski definition) is 7. The average molecular weight is 1870 g/mol. The van der Waals surface area contributed by atoms with Crippen LogP contribution in [0.15, 0.2) is 112 Å². The van der Waals surface area contributed by atoms with Gasteiger partial charge in [0, 0.05) is 103 Å². The second-order valence-corrected chi connectivity index (χ2v) is 34.7. The summed E-state index contributed by atoms with van der Waals surface area (Å²) in [6.45, 7) is 4.50. The number of carboxylic acid groups (broad SMARTS) is 1. The van der Waals surface area contributed by atoms with Crippen molar-refractivity contribution in [3.8, 4) is 12.1 Å². The van der Waals surface area contributed by atoms with E-state index in [1.54, 1.807) is 62.4 Å². The van der Waals surface area contributed by atoms with Crippen LogP contribution in [0.25, 0.3) is 10.4 Å². The van der Waals surface area contributed by atoms with E-state index in [1.165, 1.54) is 68.6 Å². The minimum atomic E-state index is -4.37. The predicted octanol–water partition coefficient (Wildman–Crippen LogP) is 8.38. The lowest BCUT2D eigenvalue weighted by molar-refractivity contribution is -0.143. The van der Waals surface area contributed by atoms with Crippen LogP contribution >= 0.6 is 70.0 Å². The number of hydrogen-bond acceptors (Lipinski definition) is 28. The van der Waals surface area contributed by atoms with Gasteiger partial charge in [0.2, 0.25) is 17.8 Å². The molecule has 2 aromatic heterocycles. The first-order chi connectivity index (χ1) is 58.6. The molecule has 7 N–H and O–H groups in total. The number of nitriles is 2. The summed E-state index contributed by atoms with van der Waals surface area (Å²) >= 11 is 35.3. The van der Waals surface area contributed by atoms with Gasteiger partial charge in [0.05, 0.1) is 79.9 Å². The summed E-state index contributed by atoms with van der Waals surface area (Å²) in [4.78, 5) is 125. The molecule has 10 heterocycles. The molecular weight excluding hydrogens is 1780 g/mol. The van der Waals surface area contributed by atoms with E-state index >= 15 is 0 Å². The van der Waals surface area contributed by atoms with Crippen molar-refractivity contribution in [2.24, 2.45) is 5.11 Å². The van der Waals surface area contributed by atoms with Crippen LogP contribution in [0, 0.1) is 22.7 Å². The molecule has 6 aromatic rings. The molecule has 9 atom stereocenters. The number of aromatic nitrogens is 4. The number of aliphatic hydroxyl groups excluding tert-OH is 3. The zero-order chi connectivity index (χ0) is 90.3. The minimum absolute atomic E-state index is 0.00463. The van der Waals surface area contributed by atoms with Gasteiger partial charge in [0.25, 0.3) is 31.9 Å². The highest BCUT2D eigenvalue weighted by molar-refractivity contribution is 7.89. The standard InChI is InChI=1S/C30H28Cl2N6O6S.C25H21Cl2N5O5S.C6H12ClNO3.C5H8ClNO2.C5H7N3O2.C5H8O3.CH4O/c1-30(14-18-4-6-19(15-33)7-5-18)28(41)37(22-12-20(31)11-21(32)13-22)29-35-17-25(38(29)30)45(42,43)36-10-2-3-24(36)27(40)34-16-23-8-9-26(39)44-23;1-25(12-15-4-6-16(13-28)7-5-15)23(35)31(19-10-17(26)9-18(27)11-19)24-29-14-21(32(24)25)38(36,37)30-8-2-3-20(30)22(33)34;1-11-6(10)3-2-5(9)4-8-7;6-7-3-4-1-2-5(8)9-4;6-8-7-3-4-1-2-5(9)10-4;6-3-4-1-2-5(7)8-4;1-2/h4-7,11-13,17,23-24H,2-3,8-10,14,16H2,1H3,(H,34,40);4-7,9-11,14,20H,2-3,8,12H2,1H3,(H,33,34);5,8-9H,2-4H2,1H3;4,7H,1-3H2;4H,1-3H2;4,6H,1-3H2;2H,1H3/t23-,24+,30-;20-,25+;5-;3*4-;/m101111./s1. The van der Waals surface area contributed by atoms with E-state index in [1.807, 2.05) is 6.07 Å². The molecule has 0 saturated carbocycles. The molecule has 8 aliphatic heterocycles. The number of methoxy groups -OCH3 is 1. The maximum Gasteiger partial charge on any atom is 0.322 e. The maximum absolute atomic E-state index is 14.4. The Kier molecular flexibility index (Phi) is 36.2. The highest BCUT2D eigenvalue weighted by Crippen LogP contribution is 2.48. The fourth-order valence-electron chi connectivity index (χ4n) is 14.2. The van der Waals surface area contributed by atoms with Crippen molar-refractivity contribution in [2.45, 2.75) is 180 Å². The van der Waals surface area contributed by atoms with Crippen LogP contribution in [-0.2, 0) is 111 Å². The van der Waals surface area contributed by atoms with Gasteiger partial charge in [0.15, 0.2) is 10.1 Å². The monoisotopic (exact) mass is 1860 g/mol. The van der Waals surface area contributed by atoms with Crippen molar-refractivity contribution < 1.29 is 104 Å². The lowest BCUT2D eigenvalue weighted by Gasteiger charge is -2.29. The number of benzene rings is 4. The summed E-state index contributed by atoms with van der Waals surface area (Å²) in [5.41, 5.74) is 7.80. The lowest BCUT2D eigenvalue weighted by Crippen LogP contribution is -2.48. The lowest BCUT2D eigenvalue weighted by atomic mass is 9.91. The third kappa shape index (κ3) is 24.8. The molecule has 0 unspecified atom stereocenters. The highest BCUT2D eigenvalue weighted by atomic mass is 35.5. The van der Waals surface area contributed by atoms with E-state index in [9.17, 15) is 70.4 Å². The number of halogens is 6. The van der Waals surface area contributed by atoms with E-state index in [2.05, 4.69) is 50.5 Å². The number of fused-ring (bicyclic) bond motifs is 2. The number of nitrogens with zero attached hydrogens (tertiary/aromatic N) is 13. The zero-order valence-electron chi connectivity index (χ0n) is 66.6. The zero-order valence-corrected chi connectivity index (χ0v) is 72.7. The van der Waals surface area contributed by atoms with Crippen molar-refractivity contribution in [3.05, 3.63) is 150 Å². The number of aliphatic hydroxyl groups is 3. The predicted molar refractivity (Wildman–Crippen MR) is 444 cm³/mol. The minimum Gasteiger partial charge on any atom is -0.480 e. The van der Waals surface area contributed by atoms with E-state index in [0.29, 0.717) is 104 Å². The summed E-state index contributed by atoms with van der Waals surface area (Å²) in [5.74, 6) is -3.74. The number of aliphatic carboxylic acids is 1. The number of imidazole rings is 2. The Morgan fingerprint density at radius 3 is 1.38 bits per heavy atom. The van der Waals surface area contributed by atoms with Gasteiger partial charge >= 0.3 is 35.8 Å². The molecule has 8 aliphatic rings. The maximum atomic E-state index is 14.4. The van der Waals surface area contributed by atoms with Gasteiger partial charge in [-0.3, -0.25) is 52.3 Å². The summed E-state index contributed by atoms with van der Waals surface area (Å²) in [6.07, 6.45) is 7.28. The molecule has 0 spiro atoms. The molecule has 46 heteroatoms. The Bertz CT molecular complexity index is 5170. The number of sulfonamides is 2. The smallest absolute Gasteiger partial charge is 0.322 e. The Labute approximate surface area is 737 Å². The van der Waals surface area contributed by atoms with Crippen LogP contribution in [0.1, 0.15) is 126 Å². The van der Waals surface area contributed by atoms with Crippen LogP contribution in [0.5, 0.6) is 0 Å². The number of carbonyl (C=O) groups is 9. The fourth-order valence-corrected chi connectivity index (χ4v) is 19.3. The van der Waals surface area contributed by atoms with Gasteiger partial charge in [-0.25, -0.2) is 46.3 Å². The van der Waals surface area contributed by atoms with Crippen molar-refractivity contribution in [1.29, 1.82) is 10.5 Å². The summed E-state index contributed by atoms with van der Waals surface area (Å²) in [6, 6.07) is 24.3. The van der Waals surface area contributed by atoms with Crippen LogP contribution in [-0.4, -0.2) is 221 Å². The molecule has 662 valence electrons. The quantitative estimate of drug-likeness (QED) is 0.00746. The van der Waals surface area contributed by atoms with E-state index in [4.69, 9.17) is 110 Å². The van der Waals surface area contributed by atoms with Gasteiger partial charge in [-0.05, 0) is 173 Å². The summed E-state index contributed by atoms with van der Waals surface area (Å²) in [5, 5.41) is 59.0. The highest BCUT2D eigenvalue weighted by Gasteiger charge is 2.56. The molecule has 0 bridgehead atoms. The molecular formula is C77H88Cl6N16O22S2. The number of carbonyl (C=O) groups excluding carboxylic acids is 8. The van der Waals surface area contributed by atoms with Gasteiger partial charge in [-0.15, -0.1) is 0 Å². The molecule has 6 fully saturated rings. The van der Waals surface area contributed by atoms with E-state index < -0.39 is 79.1 Å². The van der Waals surface area contributed by atoms with Crippen molar-refractivity contribution in [3.63, 3.8) is 0 Å². The Morgan fingerprint density at radius 2 is 1.02 bits per heavy atom. The molecule has 6 saturated heterocycles. The second kappa shape index (κ2) is 45.2. The molecule has 3 amide bonds. The van der Waals surface area contributed by atoms with Crippen LogP contribution in [0.3, 0.4) is 0 Å². The summed E-state index contributed by atoms with van der Waals surface area (Å²) < 4.78 is 85.0. The Balaban J connectivity index is 0.000000212. The number of carboxylic acids is 1. The average Bonchev–Trinajstić information content (AvgIpc) is 1.55. The van der Waals surface area contributed by atoms with Gasteiger partial charge in [-0.1, -0.05) is 75.8 Å². The normalized spacial score (nSPS) is 22.0. The van der Waals surface area contributed by atoms with Crippen LogP contribution < -0.4 is 24.8 Å². The molecule has 0 radical (unpaired) electrons. The molecule has 123 heavy (non-hydrogen) atoms. The van der Waals surface area contributed by atoms with Crippen molar-refractivity contribution in [1.82, 2.24) is 42.7 Å². The third-order valence-electron chi connectivity index (χ3n) is 20.2.